The van der Waals surface area contributed by atoms with Crippen LogP contribution >= 0.6 is 11.6 Å². The molecule has 6 nitrogen and oxygen atoms in total. The highest BCUT2D eigenvalue weighted by atomic mass is 35.5. The highest BCUT2D eigenvalue weighted by Gasteiger charge is 2.18. The van der Waals surface area contributed by atoms with Gasteiger partial charge in [0.15, 0.2) is 17.0 Å². The molecule has 0 saturated carbocycles. The van der Waals surface area contributed by atoms with E-state index in [2.05, 4.69) is 19.9 Å². The van der Waals surface area contributed by atoms with E-state index in [9.17, 15) is 4.39 Å². The molecule has 0 bridgehead atoms. The first-order chi connectivity index (χ1) is 11.6. The monoisotopic (exact) mass is 340 g/mol. The van der Waals surface area contributed by atoms with Crippen LogP contribution in [-0.4, -0.2) is 24.5 Å². The first-order valence-corrected chi connectivity index (χ1v) is 7.38. The number of nitrogen functional groups attached to an aromatic ring is 1. The SMILES string of the molecule is Nc1ncnc2c1nc(-c1cccc(F)c1)n2-c1ccnc(Cl)c1. The Labute approximate surface area is 140 Å². The second-order valence-electron chi connectivity index (χ2n) is 5.05. The average molecular weight is 341 g/mol. The number of hydrogen-bond donors (Lipinski definition) is 1. The summed E-state index contributed by atoms with van der Waals surface area (Å²) in [6.45, 7) is 0. The van der Waals surface area contributed by atoms with Crippen molar-refractivity contribution in [3.8, 4) is 17.1 Å². The van der Waals surface area contributed by atoms with E-state index in [0.717, 1.165) is 0 Å². The summed E-state index contributed by atoms with van der Waals surface area (Å²) in [7, 11) is 0. The number of anilines is 1. The molecule has 4 rings (SSSR count). The Hall–Kier alpha value is -3.06. The van der Waals surface area contributed by atoms with E-state index >= 15 is 0 Å². The maximum atomic E-state index is 13.7. The summed E-state index contributed by atoms with van der Waals surface area (Å²) in [6, 6.07) is 9.56. The lowest BCUT2D eigenvalue weighted by molar-refractivity contribution is 0.628. The lowest BCUT2D eigenvalue weighted by Crippen LogP contribution is -2.00. The summed E-state index contributed by atoms with van der Waals surface area (Å²) in [5.41, 5.74) is 8.13. The van der Waals surface area contributed by atoms with Gasteiger partial charge in [0.2, 0.25) is 0 Å². The fourth-order valence-corrected chi connectivity index (χ4v) is 2.67. The fourth-order valence-electron chi connectivity index (χ4n) is 2.51. The molecule has 4 aromatic rings. The van der Waals surface area contributed by atoms with Crippen molar-refractivity contribution in [2.24, 2.45) is 0 Å². The van der Waals surface area contributed by atoms with E-state index in [1.54, 1.807) is 35.0 Å². The molecule has 0 amide bonds. The van der Waals surface area contributed by atoms with Gasteiger partial charge < -0.3 is 5.73 Å². The summed E-state index contributed by atoms with van der Waals surface area (Å²) in [4.78, 5) is 16.7. The largest absolute Gasteiger partial charge is 0.382 e. The first kappa shape index (κ1) is 14.5. The van der Waals surface area contributed by atoms with Crippen LogP contribution in [0.4, 0.5) is 10.2 Å². The van der Waals surface area contributed by atoms with Gasteiger partial charge in [-0.3, -0.25) is 4.57 Å². The van der Waals surface area contributed by atoms with Crippen molar-refractivity contribution in [2.75, 3.05) is 5.73 Å². The van der Waals surface area contributed by atoms with Gasteiger partial charge in [0.1, 0.15) is 23.1 Å². The summed E-state index contributed by atoms with van der Waals surface area (Å²) in [6.07, 6.45) is 2.93. The van der Waals surface area contributed by atoms with Crippen molar-refractivity contribution in [3.05, 3.63) is 59.9 Å². The fraction of sp³-hybridized carbons (Fsp3) is 0. The van der Waals surface area contributed by atoms with Gasteiger partial charge in [-0.05, 0) is 24.3 Å². The van der Waals surface area contributed by atoms with Gasteiger partial charge in [0.05, 0.1) is 5.69 Å². The molecule has 0 aliphatic heterocycles. The van der Waals surface area contributed by atoms with Crippen LogP contribution < -0.4 is 5.73 Å². The summed E-state index contributed by atoms with van der Waals surface area (Å²) in [5, 5.41) is 0.321. The van der Waals surface area contributed by atoms with E-state index in [4.69, 9.17) is 17.3 Å². The number of nitrogens with two attached hydrogens (primary N) is 1. The van der Waals surface area contributed by atoms with Crippen LogP contribution in [0, 0.1) is 5.82 Å². The van der Waals surface area contributed by atoms with E-state index in [0.29, 0.717) is 33.4 Å². The molecule has 0 aliphatic rings. The number of halogens is 2. The maximum Gasteiger partial charge on any atom is 0.170 e. The molecule has 0 aliphatic carbocycles. The Morgan fingerprint density at radius 3 is 2.75 bits per heavy atom. The number of fused-ring (bicyclic) bond motifs is 1. The number of aromatic nitrogens is 5. The third-order valence-corrected chi connectivity index (χ3v) is 3.73. The third kappa shape index (κ3) is 2.35. The zero-order valence-corrected chi connectivity index (χ0v) is 12.9. The zero-order chi connectivity index (χ0) is 16.7. The Morgan fingerprint density at radius 1 is 1.08 bits per heavy atom. The number of nitrogens with zero attached hydrogens (tertiary/aromatic N) is 5. The molecule has 2 N–H and O–H groups in total. The summed E-state index contributed by atoms with van der Waals surface area (Å²) >= 11 is 6.01. The standard InChI is InChI=1S/C16H10ClFN6/c17-12-7-11(4-5-20-12)24-15(9-2-1-3-10(18)6-9)23-13-14(19)21-8-22-16(13)24/h1-8H,(H2,19,21,22). The quantitative estimate of drug-likeness (QED) is 0.566. The second-order valence-corrected chi connectivity index (χ2v) is 5.44. The Kier molecular flexibility index (Phi) is 3.35. The minimum atomic E-state index is -0.363. The molecule has 3 heterocycles. The molecule has 8 heteroatoms. The molecule has 0 fully saturated rings. The van der Waals surface area contributed by atoms with Gasteiger partial charge in [-0.15, -0.1) is 0 Å². The van der Waals surface area contributed by atoms with Crippen LogP contribution in [0.15, 0.2) is 48.9 Å². The van der Waals surface area contributed by atoms with Crippen LogP contribution in [0.25, 0.3) is 28.2 Å². The van der Waals surface area contributed by atoms with Gasteiger partial charge in [-0.2, -0.15) is 0 Å². The lowest BCUT2D eigenvalue weighted by Gasteiger charge is -2.09. The number of pyridine rings is 1. The van der Waals surface area contributed by atoms with Crippen LogP contribution in [0.3, 0.4) is 0 Å². The molecule has 0 radical (unpaired) electrons. The highest BCUT2D eigenvalue weighted by molar-refractivity contribution is 6.29. The molecule has 0 saturated heterocycles. The third-order valence-electron chi connectivity index (χ3n) is 3.52. The van der Waals surface area contributed by atoms with Crippen LogP contribution in [-0.2, 0) is 0 Å². The Balaban J connectivity index is 2.09. The molecule has 0 unspecified atom stereocenters. The van der Waals surface area contributed by atoms with Crippen LogP contribution in [0.2, 0.25) is 5.15 Å². The topological polar surface area (TPSA) is 82.5 Å². The lowest BCUT2D eigenvalue weighted by atomic mass is 10.2. The summed E-state index contributed by atoms with van der Waals surface area (Å²) in [5.74, 6) is 0.369. The van der Waals surface area contributed by atoms with Gasteiger partial charge in [0.25, 0.3) is 0 Å². The van der Waals surface area contributed by atoms with Gasteiger partial charge >= 0.3 is 0 Å². The van der Waals surface area contributed by atoms with Crippen molar-refractivity contribution < 1.29 is 4.39 Å². The smallest absolute Gasteiger partial charge is 0.170 e. The predicted molar refractivity (Wildman–Crippen MR) is 89.3 cm³/mol. The zero-order valence-electron chi connectivity index (χ0n) is 12.2. The van der Waals surface area contributed by atoms with Crippen molar-refractivity contribution in [1.29, 1.82) is 0 Å². The molecule has 3 aromatic heterocycles. The van der Waals surface area contributed by atoms with Gasteiger partial charge in [-0.1, -0.05) is 23.7 Å². The Bertz CT molecular complexity index is 1060. The molecular weight excluding hydrogens is 331 g/mol. The summed E-state index contributed by atoms with van der Waals surface area (Å²) < 4.78 is 15.4. The number of imidazole rings is 1. The van der Waals surface area contributed by atoms with Crippen molar-refractivity contribution in [2.45, 2.75) is 0 Å². The van der Waals surface area contributed by atoms with E-state index in [-0.39, 0.29) is 11.6 Å². The Morgan fingerprint density at radius 2 is 1.96 bits per heavy atom. The van der Waals surface area contributed by atoms with E-state index < -0.39 is 0 Å². The van der Waals surface area contributed by atoms with E-state index in [1.165, 1.54) is 18.5 Å². The van der Waals surface area contributed by atoms with Crippen LogP contribution in [0.1, 0.15) is 0 Å². The highest BCUT2D eigenvalue weighted by Crippen LogP contribution is 2.29. The van der Waals surface area contributed by atoms with Gasteiger partial charge in [-0.25, -0.2) is 24.3 Å². The van der Waals surface area contributed by atoms with Gasteiger partial charge in [0, 0.05) is 11.8 Å². The number of hydrogen-bond acceptors (Lipinski definition) is 5. The van der Waals surface area contributed by atoms with Crippen molar-refractivity contribution in [3.63, 3.8) is 0 Å². The minimum absolute atomic E-state index is 0.247. The first-order valence-electron chi connectivity index (χ1n) is 7.00. The number of benzene rings is 1. The number of rotatable bonds is 2. The van der Waals surface area contributed by atoms with Crippen molar-refractivity contribution >= 4 is 28.6 Å². The molecule has 1 aromatic carbocycles. The van der Waals surface area contributed by atoms with Crippen LogP contribution in [0.5, 0.6) is 0 Å². The minimum Gasteiger partial charge on any atom is -0.382 e. The van der Waals surface area contributed by atoms with E-state index in [1.807, 2.05) is 0 Å². The molecule has 0 atom stereocenters. The molecular formula is C16H10ClFN6. The molecule has 0 spiro atoms. The normalized spacial score (nSPS) is 11.1. The molecule has 24 heavy (non-hydrogen) atoms. The predicted octanol–water partition coefficient (Wildman–Crippen LogP) is 3.25. The van der Waals surface area contributed by atoms with Crippen molar-refractivity contribution in [1.82, 2.24) is 24.5 Å². The maximum absolute atomic E-state index is 13.7. The second kappa shape index (κ2) is 5.54. The molecule has 118 valence electrons. The average Bonchev–Trinajstić information content (AvgIpc) is 2.96.